The number of amides is 1. The van der Waals surface area contributed by atoms with E-state index in [4.69, 9.17) is 4.74 Å². The highest BCUT2D eigenvalue weighted by Crippen LogP contribution is 2.49. The van der Waals surface area contributed by atoms with E-state index in [1.165, 1.54) is 12.7 Å². The number of ether oxygens (including phenoxy) is 1. The van der Waals surface area contributed by atoms with Gasteiger partial charge in [0.15, 0.2) is 11.5 Å². The van der Waals surface area contributed by atoms with Crippen LogP contribution in [-0.4, -0.2) is 34.7 Å². The zero-order valence-electron chi connectivity index (χ0n) is 13.6. The van der Waals surface area contributed by atoms with E-state index in [0.717, 1.165) is 18.5 Å². The zero-order valence-corrected chi connectivity index (χ0v) is 13.6. The summed E-state index contributed by atoms with van der Waals surface area (Å²) in [7, 11) is 1.54. The number of hydrazine groups is 1. The van der Waals surface area contributed by atoms with Gasteiger partial charge in [-0.05, 0) is 18.1 Å². The normalized spacial score (nSPS) is 23.5. The molecule has 1 amide bonds. The number of hydrogen-bond acceptors (Lipinski definition) is 4. The van der Waals surface area contributed by atoms with Crippen LogP contribution in [0.3, 0.4) is 0 Å². The van der Waals surface area contributed by atoms with Gasteiger partial charge in [0, 0.05) is 18.5 Å². The summed E-state index contributed by atoms with van der Waals surface area (Å²) in [6.07, 6.45) is 1.28. The number of rotatable bonds is 3. The Morgan fingerprint density at radius 3 is 2.62 bits per heavy atom. The number of aromatic hydroxyl groups is 1. The lowest BCUT2D eigenvalue weighted by Gasteiger charge is -2.28. The van der Waals surface area contributed by atoms with Crippen LogP contribution < -0.4 is 4.74 Å². The topological polar surface area (TPSA) is 53.0 Å². The summed E-state index contributed by atoms with van der Waals surface area (Å²) in [5, 5.41) is 14.5. The van der Waals surface area contributed by atoms with Crippen molar-refractivity contribution in [1.82, 2.24) is 10.0 Å². The number of benzene rings is 2. The summed E-state index contributed by atoms with van der Waals surface area (Å²) in [5.41, 5.74) is 1.94. The molecule has 0 saturated carbocycles. The summed E-state index contributed by atoms with van der Waals surface area (Å²) < 4.78 is 5.23. The molecule has 2 heterocycles. The van der Waals surface area contributed by atoms with Crippen molar-refractivity contribution in [3.63, 3.8) is 0 Å². The van der Waals surface area contributed by atoms with Crippen LogP contribution >= 0.6 is 0 Å². The van der Waals surface area contributed by atoms with Crippen molar-refractivity contribution in [3.8, 4) is 11.5 Å². The van der Waals surface area contributed by atoms with Gasteiger partial charge in [-0.3, -0.25) is 9.80 Å². The Morgan fingerprint density at radius 2 is 1.88 bits per heavy atom. The number of carbonyl (C=O) groups excluding carboxylic acids is 1. The van der Waals surface area contributed by atoms with E-state index in [0.29, 0.717) is 12.2 Å². The Balaban J connectivity index is 1.75. The molecule has 2 fully saturated rings. The molecule has 0 bridgehead atoms. The summed E-state index contributed by atoms with van der Waals surface area (Å²) in [4.78, 5) is 12.5. The van der Waals surface area contributed by atoms with Crippen LogP contribution in [0.15, 0.2) is 48.5 Å². The zero-order chi connectivity index (χ0) is 16.7. The minimum absolute atomic E-state index is 0.112. The summed E-state index contributed by atoms with van der Waals surface area (Å²) in [6, 6.07) is 15.7. The van der Waals surface area contributed by atoms with Crippen molar-refractivity contribution in [3.05, 3.63) is 59.7 Å². The number of phenolic OH excluding ortho intramolecular Hbond substituents is 1. The number of carbonyl (C=O) groups is 1. The number of hydrogen-bond donors (Lipinski definition) is 1. The van der Waals surface area contributed by atoms with Gasteiger partial charge in [0.1, 0.15) is 0 Å². The number of fused-ring (bicyclic) bond motifs is 1. The molecular formula is C19H20N2O3. The number of phenols is 1. The van der Waals surface area contributed by atoms with Gasteiger partial charge in [-0.25, -0.2) is 5.01 Å². The van der Waals surface area contributed by atoms with E-state index in [9.17, 15) is 9.90 Å². The molecule has 2 aliphatic rings. The average Bonchev–Trinajstić information content (AvgIpc) is 3.17. The molecule has 24 heavy (non-hydrogen) atoms. The molecule has 5 heteroatoms. The van der Waals surface area contributed by atoms with Gasteiger partial charge in [-0.1, -0.05) is 42.5 Å². The first-order valence-electron chi connectivity index (χ1n) is 8.20. The van der Waals surface area contributed by atoms with Crippen molar-refractivity contribution >= 4 is 5.91 Å². The molecule has 1 N–H and O–H groups in total. The first-order valence-corrected chi connectivity index (χ1v) is 8.20. The molecule has 124 valence electrons. The minimum atomic E-state index is -0.166. The Bertz CT molecular complexity index is 762. The molecule has 4 rings (SSSR count). The van der Waals surface area contributed by atoms with Crippen molar-refractivity contribution in [2.75, 3.05) is 13.7 Å². The van der Waals surface area contributed by atoms with Crippen LogP contribution in [-0.2, 0) is 4.79 Å². The number of methoxy groups -OCH3 is 1. The fraction of sp³-hybridized carbons (Fsp3) is 0.316. The van der Waals surface area contributed by atoms with E-state index < -0.39 is 0 Å². The molecule has 2 aromatic carbocycles. The second-order valence-electron chi connectivity index (χ2n) is 6.23. The van der Waals surface area contributed by atoms with Gasteiger partial charge < -0.3 is 9.84 Å². The Hall–Kier alpha value is -2.53. The third-order valence-electron chi connectivity index (χ3n) is 4.98. The molecule has 0 radical (unpaired) electrons. The third kappa shape index (κ3) is 2.24. The van der Waals surface area contributed by atoms with Gasteiger partial charge in [-0.2, -0.15) is 0 Å². The monoisotopic (exact) mass is 324 g/mol. The highest BCUT2D eigenvalue weighted by Gasteiger charge is 2.47. The first kappa shape index (κ1) is 15.0. The fourth-order valence-corrected chi connectivity index (χ4v) is 3.88. The van der Waals surface area contributed by atoms with E-state index in [1.54, 1.807) is 6.07 Å². The van der Waals surface area contributed by atoms with Gasteiger partial charge >= 0.3 is 0 Å². The fourth-order valence-electron chi connectivity index (χ4n) is 3.88. The van der Waals surface area contributed by atoms with E-state index in [2.05, 4.69) is 17.1 Å². The molecule has 5 nitrogen and oxygen atoms in total. The second kappa shape index (κ2) is 5.83. The molecule has 0 aliphatic carbocycles. The highest BCUT2D eigenvalue weighted by atomic mass is 16.5. The lowest BCUT2D eigenvalue weighted by molar-refractivity contribution is -0.138. The average molecular weight is 324 g/mol. The second-order valence-corrected chi connectivity index (χ2v) is 6.23. The molecule has 2 aliphatic heterocycles. The molecule has 0 unspecified atom stereocenters. The molecule has 2 saturated heterocycles. The van der Waals surface area contributed by atoms with Gasteiger partial charge in [0.2, 0.25) is 5.91 Å². The predicted octanol–water partition coefficient (Wildman–Crippen LogP) is 3.04. The molecule has 2 atom stereocenters. The van der Waals surface area contributed by atoms with E-state index >= 15 is 0 Å². The third-order valence-corrected chi connectivity index (χ3v) is 4.98. The molecule has 2 aromatic rings. The van der Waals surface area contributed by atoms with E-state index in [-0.39, 0.29) is 23.7 Å². The summed E-state index contributed by atoms with van der Waals surface area (Å²) >= 11 is 0. The Morgan fingerprint density at radius 1 is 1.08 bits per heavy atom. The van der Waals surface area contributed by atoms with Crippen LogP contribution in [0, 0.1) is 0 Å². The Kier molecular flexibility index (Phi) is 3.65. The SMILES string of the molecule is COc1cccc([C@@H]2C[C@@H](c3ccccc3)N3CCC(=O)N23)c1O. The largest absolute Gasteiger partial charge is 0.504 e. The Labute approximate surface area is 141 Å². The van der Waals surface area contributed by atoms with E-state index in [1.807, 2.05) is 35.3 Å². The van der Waals surface area contributed by atoms with Gasteiger partial charge in [-0.15, -0.1) is 0 Å². The van der Waals surface area contributed by atoms with Crippen LogP contribution in [0.4, 0.5) is 0 Å². The summed E-state index contributed by atoms with van der Waals surface area (Å²) in [5.74, 6) is 0.674. The predicted molar refractivity (Wildman–Crippen MR) is 89.4 cm³/mol. The molecular weight excluding hydrogens is 304 g/mol. The maximum atomic E-state index is 12.5. The standard InChI is InChI=1S/C19H20N2O3/c1-24-17-9-5-8-14(19(17)23)16-12-15(13-6-3-2-4-7-13)20-11-10-18(22)21(16)20/h2-9,15-16,23H,10-12H2,1H3/t15-,16-/m0/s1. The van der Waals surface area contributed by atoms with Crippen LogP contribution in [0.5, 0.6) is 11.5 Å². The van der Waals surface area contributed by atoms with Crippen LogP contribution in [0.1, 0.15) is 36.1 Å². The van der Waals surface area contributed by atoms with Crippen LogP contribution in [0.2, 0.25) is 0 Å². The lowest BCUT2D eigenvalue weighted by Crippen LogP contribution is -2.35. The number of para-hydroxylation sites is 1. The summed E-state index contributed by atoms with van der Waals surface area (Å²) in [6.45, 7) is 0.722. The first-order chi connectivity index (χ1) is 11.7. The molecule has 0 spiro atoms. The molecule has 0 aromatic heterocycles. The van der Waals surface area contributed by atoms with Crippen molar-refractivity contribution in [2.45, 2.75) is 24.9 Å². The smallest absolute Gasteiger partial charge is 0.238 e. The van der Waals surface area contributed by atoms with Crippen LogP contribution in [0.25, 0.3) is 0 Å². The van der Waals surface area contributed by atoms with Crippen molar-refractivity contribution in [2.24, 2.45) is 0 Å². The lowest BCUT2D eigenvalue weighted by atomic mass is 9.95. The van der Waals surface area contributed by atoms with Crippen molar-refractivity contribution < 1.29 is 14.6 Å². The maximum Gasteiger partial charge on any atom is 0.238 e. The maximum absolute atomic E-state index is 12.5. The van der Waals surface area contributed by atoms with Gasteiger partial charge in [0.25, 0.3) is 0 Å². The minimum Gasteiger partial charge on any atom is -0.504 e. The highest BCUT2D eigenvalue weighted by molar-refractivity contribution is 5.79. The quantitative estimate of drug-likeness (QED) is 0.943. The van der Waals surface area contributed by atoms with Crippen molar-refractivity contribution in [1.29, 1.82) is 0 Å². The van der Waals surface area contributed by atoms with Gasteiger partial charge in [0.05, 0.1) is 19.2 Å². The number of nitrogens with zero attached hydrogens (tertiary/aromatic N) is 2.